The Hall–Kier alpha value is -0.860. The number of hydrogen-bond acceptors (Lipinski definition) is 4. The second kappa shape index (κ2) is 8.34. The van der Waals surface area contributed by atoms with Gasteiger partial charge in [0.2, 0.25) is 0 Å². The van der Waals surface area contributed by atoms with Crippen molar-refractivity contribution in [1.29, 1.82) is 0 Å². The van der Waals surface area contributed by atoms with E-state index in [-0.39, 0.29) is 12.7 Å². The molecule has 1 atom stereocenters. The first kappa shape index (κ1) is 14.5. The highest BCUT2D eigenvalue weighted by Crippen LogP contribution is 2.17. The molecule has 0 spiro atoms. The van der Waals surface area contributed by atoms with Crippen LogP contribution in [0.15, 0.2) is 11.4 Å². The fraction of sp³-hybridized carbons (Fsp3) is 0.600. The van der Waals surface area contributed by atoms with Gasteiger partial charge in [0.25, 0.3) is 0 Å². The Bertz CT molecular complexity index is 424. The van der Waals surface area contributed by atoms with Gasteiger partial charge in [-0.05, 0) is 25.3 Å². The third-order valence-electron chi connectivity index (χ3n) is 2.95. The zero-order chi connectivity index (χ0) is 13.3. The lowest BCUT2D eigenvalue weighted by atomic mass is 10.1. The largest absolute Gasteiger partial charge is 0.395 e. The van der Waals surface area contributed by atoms with Gasteiger partial charge in [-0.3, -0.25) is 0 Å². The molecule has 1 aromatic heterocycles. The van der Waals surface area contributed by atoms with Crippen LogP contribution in [-0.4, -0.2) is 31.0 Å². The van der Waals surface area contributed by atoms with Gasteiger partial charge in [0, 0.05) is 28.8 Å². The summed E-state index contributed by atoms with van der Waals surface area (Å²) >= 11 is 1.66. The van der Waals surface area contributed by atoms with Crippen molar-refractivity contribution in [2.45, 2.75) is 38.4 Å². The SMILES string of the molecule is OCCC#Cc1csc(COCC2CCCCO2)c1. The van der Waals surface area contributed by atoms with E-state index in [9.17, 15) is 0 Å². The lowest BCUT2D eigenvalue weighted by Gasteiger charge is -2.22. The van der Waals surface area contributed by atoms with Crippen LogP contribution in [0.3, 0.4) is 0 Å². The highest BCUT2D eigenvalue weighted by molar-refractivity contribution is 7.10. The summed E-state index contributed by atoms with van der Waals surface area (Å²) in [6.45, 7) is 2.31. The summed E-state index contributed by atoms with van der Waals surface area (Å²) in [5.74, 6) is 5.94. The predicted octanol–water partition coefficient (Wildman–Crippen LogP) is 2.57. The molecule has 1 unspecified atom stereocenters. The highest BCUT2D eigenvalue weighted by atomic mass is 32.1. The summed E-state index contributed by atoms with van der Waals surface area (Å²) in [6, 6.07) is 2.05. The van der Waals surface area contributed by atoms with Gasteiger partial charge in [0.1, 0.15) is 0 Å². The molecule has 2 rings (SSSR count). The number of aliphatic hydroxyl groups is 1. The van der Waals surface area contributed by atoms with Gasteiger partial charge in [-0.25, -0.2) is 0 Å². The van der Waals surface area contributed by atoms with E-state index in [4.69, 9.17) is 14.6 Å². The van der Waals surface area contributed by atoms with Crippen molar-refractivity contribution in [3.8, 4) is 11.8 Å². The second-order valence-corrected chi connectivity index (χ2v) is 5.58. The van der Waals surface area contributed by atoms with Crippen LogP contribution in [-0.2, 0) is 16.1 Å². The van der Waals surface area contributed by atoms with Crippen molar-refractivity contribution in [2.75, 3.05) is 19.8 Å². The molecule has 4 heteroatoms. The summed E-state index contributed by atoms with van der Waals surface area (Å²) in [7, 11) is 0. The van der Waals surface area contributed by atoms with E-state index in [1.165, 1.54) is 17.7 Å². The minimum Gasteiger partial charge on any atom is -0.395 e. The maximum Gasteiger partial charge on any atom is 0.0811 e. The lowest BCUT2D eigenvalue weighted by Crippen LogP contribution is -2.24. The quantitative estimate of drug-likeness (QED) is 0.843. The van der Waals surface area contributed by atoms with E-state index < -0.39 is 0 Å². The van der Waals surface area contributed by atoms with Crippen molar-refractivity contribution < 1.29 is 14.6 Å². The molecule has 0 amide bonds. The van der Waals surface area contributed by atoms with Crippen molar-refractivity contribution >= 4 is 11.3 Å². The van der Waals surface area contributed by atoms with Crippen LogP contribution in [0, 0.1) is 11.8 Å². The molecule has 0 radical (unpaired) electrons. The molecular weight excluding hydrogens is 260 g/mol. The molecule has 104 valence electrons. The number of thiophene rings is 1. The molecule has 2 heterocycles. The van der Waals surface area contributed by atoms with Crippen molar-refractivity contribution in [3.05, 3.63) is 21.9 Å². The molecule has 1 N–H and O–H groups in total. The Kier molecular flexibility index (Phi) is 6.38. The topological polar surface area (TPSA) is 38.7 Å². The van der Waals surface area contributed by atoms with Crippen LogP contribution in [0.2, 0.25) is 0 Å². The Morgan fingerprint density at radius 2 is 2.42 bits per heavy atom. The average Bonchev–Trinajstić information content (AvgIpc) is 2.88. The maximum atomic E-state index is 8.66. The Labute approximate surface area is 118 Å². The van der Waals surface area contributed by atoms with E-state index in [1.807, 2.05) is 5.38 Å². The zero-order valence-corrected chi connectivity index (χ0v) is 11.9. The molecule has 19 heavy (non-hydrogen) atoms. The van der Waals surface area contributed by atoms with Gasteiger partial charge in [-0.15, -0.1) is 11.3 Å². The Morgan fingerprint density at radius 1 is 1.47 bits per heavy atom. The molecule has 0 aliphatic carbocycles. The van der Waals surface area contributed by atoms with Crippen LogP contribution < -0.4 is 0 Å². The first-order valence-corrected chi connectivity index (χ1v) is 7.63. The standard InChI is InChI=1S/C15H20O3S/c16-7-3-1-5-13-9-15(19-12-13)11-17-10-14-6-2-4-8-18-14/h9,12,14,16H,2-4,6-8,10-11H2. The zero-order valence-electron chi connectivity index (χ0n) is 11.1. The molecule has 3 nitrogen and oxygen atoms in total. The minimum atomic E-state index is 0.120. The van der Waals surface area contributed by atoms with Gasteiger partial charge < -0.3 is 14.6 Å². The fourth-order valence-corrected chi connectivity index (χ4v) is 2.72. The molecule has 1 aliphatic heterocycles. The Morgan fingerprint density at radius 3 is 3.21 bits per heavy atom. The number of hydrogen-bond donors (Lipinski definition) is 1. The van der Waals surface area contributed by atoms with Crippen molar-refractivity contribution in [1.82, 2.24) is 0 Å². The number of aliphatic hydroxyl groups excluding tert-OH is 1. The predicted molar refractivity (Wildman–Crippen MR) is 76.1 cm³/mol. The number of ether oxygens (including phenoxy) is 2. The van der Waals surface area contributed by atoms with Crippen LogP contribution in [0.1, 0.15) is 36.1 Å². The first-order valence-electron chi connectivity index (χ1n) is 6.75. The fourth-order valence-electron chi connectivity index (χ4n) is 1.97. The summed E-state index contributed by atoms with van der Waals surface area (Å²) in [4.78, 5) is 1.18. The van der Waals surface area contributed by atoms with Gasteiger partial charge in [-0.1, -0.05) is 11.8 Å². The summed E-state index contributed by atoms with van der Waals surface area (Å²) < 4.78 is 11.3. The van der Waals surface area contributed by atoms with E-state index in [2.05, 4.69) is 17.9 Å². The van der Waals surface area contributed by atoms with E-state index in [1.54, 1.807) is 11.3 Å². The smallest absolute Gasteiger partial charge is 0.0811 e. The van der Waals surface area contributed by atoms with Crippen molar-refractivity contribution in [3.63, 3.8) is 0 Å². The molecule has 0 bridgehead atoms. The molecular formula is C15H20O3S. The van der Waals surface area contributed by atoms with E-state index in [0.29, 0.717) is 19.6 Å². The minimum absolute atomic E-state index is 0.120. The summed E-state index contributed by atoms with van der Waals surface area (Å²) in [6.07, 6.45) is 4.34. The Balaban J connectivity index is 1.69. The molecule has 0 saturated carbocycles. The number of rotatable bonds is 5. The summed E-state index contributed by atoms with van der Waals surface area (Å²) in [5.41, 5.74) is 1.01. The summed E-state index contributed by atoms with van der Waals surface area (Å²) in [5, 5.41) is 10.7. The third kappa shape index (κ3) is 5.33. The van der Waals surface area contributed by atoms with Gasteiger partial charge in [0.15, 0.2) is 0 Å². The molecule has 1 fully saturated rings. The van der Waals surface area contributed by atoms with Crippen LogP contribution in [0.4, 0.5) is 0 Å². The third-order valence-corrected chi connectivity index (χ3v) is 3.86. The van der Waals surface area contributed by atoms with E-state index >= 15 is 0 Å². The van der Waals surface area contributed by atoms with E-state index in [0.717, 1.165) is 18.6 Å². The second-order valence-electron chi connectivity index (χ2n) is 4.58. The van der Waals surface area contributed by atoms with Crippen LogP contribution in [0.5, 0.6) is 0 Å². The van der Waals surface area contributed by atoms with Crippen LogP contribution >= 0.6 is 11.3 Å². The van der Waals surface area contributed by atoms with Crippen molar-refractivity contribution in [2.24, 2.45) is 0 Å². The molecule has 1 aliphatic rings. The first-order chi connectivity index (χ1) is 9.38. The molecule has 0 aromatic carbocycles. The normalized spacial score (nSPS) is 18.9. The van der Waals surface area contributed by atoms with Gasteiger partial charge in [0.05, 0.1) is 25.9 Å². The highest BCUT2D eigenvalue weighted by Gasteiger charge is 2.13. The van der Waals surface area contributed by atoms with Gasteiger partial charge >= 0.3 is 0 Å². The molecule has 1 aromatic rings. The monoisotopic (exact) mass is 280 g/mol. The lowest BCUT2D eigenvalue weighted by molar-refractivity contribution is -0.0443. The maximum absolute atomic E-state index is 8.66. The molecule has 1 saturated heterocycles. The van der Waals surface area contributed by atoms with Gasteiger partial charge in [-0.2, -0.15) is 0 Å². The average molecular weight is 280 g/mol. The van der Waals surface area contributed by atoms with Crippen LogP contribution in [0.25, 0.3) is 0 Å².